The summed E-state index contributed by atoms with van der Waals surface area (Å²) in [5, 5.41) is 3.66. The van der Waals surface area contributed by atoms with E-state index in [0.29, 0.717) is 11.5 Å². The summed E-state index contributed by atoms with van der Waals surface area (Å²) in [5.41, 5.74) is 6.84. The number of hydrogen-bond acceptors (Lipinski definition) is 7. The molecule has 6 rings (SSSR count). The van der Waals surface area contributed by atoms with E-state index in [1.54, 1.807) is 30.3 Å². The number of amides is 1. The molecule has 276 valence electrons. The highest BCUT2D eigenvalue weighted by Crippen LogP contribution is 2.28. The third kappa shape index (κ3) is 10.5. The Balaban J connectivity index is 1.03. The Morgan fingerprint density at radius 1 is 0.774 bits per heavy atom. The topological polar surface area (TPSA) is 81.8 Å². The Kier molecular flexibility index (Phi) is 12.9. The highest BCUT2D eigenvalue weighted by atomic mass is 32.2. The molecule has 0 radical (unpaired) electrons. The summed E-state index contributed by atoms with van der Waals surface area (Å²) in [6.45, 7) is 10.8. The Morgan fingerprint density at radius 2 is 1.43 bits per heavy atom. The summed E-state index contributed by atoms with van der Waals surface area (Å²) in [5.74, 6) is 0.834. The Morgan fingerprint density at radius 3 is 2.11 bits per heavy atom. The SMILES string of the molecule is Cc1cc(S(=O)(=O)NC(=O)c2ccc(N3CCN(Cc4ccccc4-c4ccccc4)CC3)cc2)ccc1N[C@H](CCC(C)C)CSc1ccccc1. The van der Waals surface area contributed by atoms with Gasteiger partial charge < -0.3 is 10.2 Å². The number of aryl methyl sites for hydroxylation is 1. The molecule has 1 aliphatic rings. The number of piperazine rings is 1. The van der Waals surface area contributed by atoms with Crippen LogP contribution in [0.3, 0.4) is 0 Å². The Hall–Kier alpha value is -4.57. The molecule has 2 N–H and O–H groups in total. The fourth-order valence-corrected chi connectivity index (χ4v) is 8.71. The lowest BCUT2D eigenvalue weighted by atomic mass is 9.99. The van der Waals surface area contributed by atoms with Crippen LogP contribution in [0.2, 0.25) is 0 Å². The molecule has 0 spiro atoms. The van der Waals surface area contributed by atoms with Crippen molar-refractivity contribution in [3.8, 4) is 11.1 Å². The van der Waals surface area contributed by atoms with Crippen LogP contribution in [0.4, 0.5) is 11.4 Å². The van der Waals surface area contributed by atoms with Gasteiger partial charge in [0.1, 0.15) is 0 Å². The van der Waals surface area contributed by atoms with Gasteiger partial charge in [0.2, 0.25) is 0 Å². The van der Waals surface area contributed by atoms with Crippen molar-refractivity contribution in [2.75, 3.05) is 42.1 Å². The summed E-state index contributed by atoms with van der Waals surface area (Å²) in [7, 11) is -4.07. The number of nitrogens with zero attached hydrogens (tertiary/aromatic N) is 2. The number of hydrogen-bond donors (Lipinski definition) is 2. The molecule has 0 saturated carbocycles. The first kappa shape index (κ1) is 38.2. The molecule has 1 saturated heterocycles. The standard InChI is InChI=1S/C44H50N4O3S2/c1-33(2)18-21-38(32-52-40-15-8-5-9-16-40)45-43-25-24-41(30-34(43)3)53(50,51)46-44(49)36-19-22-39(23-20-36)48-28-26-47(27-29-48)31-37-14-10-11-17-42(37)35-12-6-4-7-13-35/h4-17,19-20,22-25,30,33,38,45H,18,21,26-29,31-32H2,1-3H3,(H,46,49)/t38-/m1/s1. The average Bonchev–Trinajstić information content (AvgIpc) is 3.17. The molecule has 1 atom stereocenters. The van der Waals surface area contributed by atoms with Gasteiger partial charge in [0.05, 0.1) is 4.90 Å². The number of nitrogens with one attached hydrogen (secondary N) is 2. The van der Waals surface area contributed by atoms with Crippen molar-refractivity contribution in [2.45, 2.75) is 56.0 Å². The molecular weight excluding hydrogens is 697 g/mol. The number of carbonyl (C=O) groups is 1. The van der Waals surface area contributed by atoms with Crippen molar-refractivity contribution in [2.24, 2.45) is 5.92 Å². The normalized spacial score (nSPS) is 14.2. The second-order valence-corrected chi connectivity index (χ2v) is 17.0. The van der Waals surface area contributed by atoms with Crippen LogP contribution in [0.1, 0.15) is 48.2 Å². The van der Waals surface area contributed by atoms with Gasteiger partial charge in [-0.1, -0.05) is 86.6 Å². The van der Waals surface area contributed by atoms with E-state index in [0.717, 1.165) is 68.3 Å². The van der Waals surface area contributed by atoms with Gasteiger partial charge in [0.25, 0.3) is 15.9 Å². The largest absolute Gasteiger partial charge is 0.381 e. The van der Waals surface area contributed by atoms with Gasteiger partial charge in [0, 0.05) is 66.4 Å². The molecule has 0 aromatic heterocycles. The monoisotopic (exact) mass is 746 g/mol. The van der Waals surface area contributed by atoms with Gasteiger partial charge in [-0.05, 0) is 103 Å². The van der Waals surface area contributed by atoms with Gasteiger partial charge in [0.15, 0.2) is 0 Å². The van der Waals surface area contributed by atoms with Gasteiger partial charge in [-0.25, -0.2) is 13.1 Å². The predicted molar refractivity (Wildman–Crippen MR) is 220 cm³/mol. The molecule has 1 heterocycles. The molecule has 0 unspecified atom stereocenters. The van der Waals surface area contributed by atoms with Crippen LogP contribution in [0.5, 0.6) is 0 Å². The average molecular weight is 747 g/mol. The minimum absolute atomic E-state index is 0.0622. The second-order valence-electron chi connectivity index (χ2n) is 14.2. The predicted octanol–water partition coefficient (Wildman–Crippen LogP) is 9.11. The number of carbonyl (C=O) groups excluding carboxylic acids is 1. The van der Waals surface area contributed by atoms with Crippen LogP contribution >= 0.6 is 11.8 Å². The molecule has 1 fully saturated rings. The molecule has 0 bridgehead atoms. The van der Waals surface area contributed by atoms with Crippen molar-refractivity contribution in [3.05, 3.63) is 144 Å². The van der Waals surface area contributed by atoms with Gasteiger partial charge in [-0.3, -0.25) is 9.69 Å². The molecule has 5 aromatic carbocycles. The lowest BCUT2D eigenvalue weighted by molar-refractivity contribution is 0.0981. The zero-order chi connectivity index (χ0) is 37.2. The first-order valence-electron chi connectivity index (χ1n) is 18.5. The maximum atomic E-state index is 13.3. The van der Waals surface area contributed by atoms with Crippen LogP contribution in [-0.4, -0.2) is 57.2 Å². The third-order valence-corrected chi connectivity index (χ3v) is 12.2. The minimum Gasteiger partial charge on any atom is -0.381 e. The molecule has 7 nitrogen and oxygen atoms in total. The summed E-state index contributed by atoms with van der Waals surface area (Å²) in [4.78, 5) is 19.2. The quantitative estimate of drug-likeness (QED) is 0.104. The maximum Gasteiger partial charge on any atom is 0.264 e. The van der Waals surface area contributed by atoms with Crippen LogP contribution in [-0.2, 0) is 16.6 Å². The lowest BCUT2D eigenvalue weighted by Crippen LogP contribution is -2.46. The summed E-state index contributed by atoms with van der Waals surface area (Å²) < 4.78 is 29.0. The zero-order valence-corrected chi connectivity index (χ0v) is 32.5. The molecule has 1 amide bonds. The fraction of sp³-hybridized carbons (Fsp3) is 0.295. The summed E-state index contributed by atoms with van der Waals surface area (Å²) >= 11 is 1.82. The molecule has 53 heavy (non-hydrogen) atoms. The number of anilines is 2. The van der Waals surface area contributed by atoms with Crippen LogP contribution in [0.15, 0.2) is 137 Å². The lowest BCUT2D eigenvalue weighted by Gasteiger charge is -2.36. The van der Waals surface area contributed by atoms with Crippen LogP contribution < -0.4 is 14.9 Å². The third-order valence-electron chi connectivity index (χ3n) is 9.74. The van der Waals surface area contributed by atoms with E-state index >= 15 is 0 Å². The Labute approximate surface area is 319 Å². The van der Waals surface area contributed by atoms with Crippen molar-refractivity contribution >= 4 is 39.1 Å². The number of sulfonamides is 1. The van der Waals surface area contributed by atoms with Crippen molar-refractivity contribution in [1.82, 2.24) is 9.62 Å². The zero-order valence-electron chi connectivity index (χ0n) is 30.9. The number of benzene rings is 5. The molecule has 0 aliphatic carbocycles. The van der Waals surface area contributed by atoms with E-state index in [2.05, 4.69) is 94.3 Å². The first-order chi connectivity index (χ1) is 25.6. The number of rotatable bonds is 15. The Bertz CT molecular complexity index is 2050. The van der Waals surface area contributed by atoms with E-state index in [-0.39, 0.29) is 10.9 Å². The molecule has 9 heteroatoms. The van der Waals surface area contributed by atoms with Gasteiger partial charge in [-0.15, -0.1) is 11.8 Å². The van der Waals surface area contributed by atoms with E-state index < -0.39 is 15.9 Å². The van der Waals surface area contributed by atoms with E-state index in [1.807, 2.05) is 55.1 Å². The van der Waals surface area contributed by atoms with Crippen molar-refractivity contribution < 1.29 is 13.2 Å². The van der Waals surface area contributed by atoms with E-state index in [1.165, 1.54) is 21.6 Å². The molecular formula is C44H50N4O3S2. The highest BCUT2D eigenvalue weighted by molar-refractivity contribution is 7.99. The van der Waals surface area contributed by atoms with Crippen molar-refractivity contribution in [3.63, 3.8) is 0 Å². The summed E-state index contributed by atoms with van der Waals surface area (Å²) in [6, 6.07) is 41.9. The van der Waals surface area contributed by atoms with E-state index in [4.69, 9.17) is 0 Å². The van der Waals surface area contributed by atoms with Gasteiger partial charge >= 0.3 is 0 Å². The molecule has 5 aromatic rings. The maximum absolute atomic E-state index is 13.3. The smallest absolute Gasteiger partial charge is 0.264 e. The van der Waals surface area contributed by atoms with Crippen LogP contribution in [0.25, 0.3) is 11.1 Å². The number of thioether (sulfide) groups is 1. The first-order valence-corrected chi connectivity index (χ1v) is 20.9. The fourth-order valence-electron chi connectivity index (χ4n) is 6.66. The van der Waals surface area contributed by atoms with Crippen molar-refractivity contribution in [1.29, 1.82) is 0 Å². The summed E-state index contributed by atoms with van der Waals surface area (Å²) in [6.07, 6.45) is 2.10. The molecule has 1 aliphatic heterocycles. The second kappa shape index (κ2) is 18.0. The highest BCUT2D eigenvalue weighted by Gasteiger charge is 2.22. The van der Waals surface area contributed by atoms with E-state index in [9.17, 15) is 13.2 Å². The van der Waals surface area contributed by atoms with Crippen LogP contribution in [0, 0.1) is 12.8 Å². The minimum atomic E-state index is -4.07. The van der Waals surface area contributed by atoms with Gasteiger partial charge in [-0.2, -0.15) is 0 Å².